The summed E-state index contributed by atoms with van der Waals surface area (Å²) in [7, 11) is 0. The summed E-state index contributed by atoms with van der Waals surface area (Å²) >= 11 is 5.38. The molecule has 2 heterocycles. The van der Waals surface area contributed by atoms with E-state index in [0.717, 1.165) is 32.0 Å². The average Bonchev–Trinajstić information content (AvgIpc) is 2.63. The fourth-order valence-electron chi connectivity index (χ4n) is 2.68. The van der Waals surface area contributed by atoms with E-state index in [1.54, 1.807) is 12.4 Å². The summed E-state index contributed by atoms with van der Waals surface area (Å²) in [5.74, 6) is 0. The van der Waals surface area contributed by atoms with Gasteiger partial charge in [0.15, 0.2) is 5.11 Å². The summed E-state index contributed by atoms with van der Waals surface area (Å²) < 4.78 is 5.40. The van der Waals surface area contributed by atoms with Crippen LogP contribution in [0.3, 0.4) is 0 Å². The summed E-state index contributed by atoms with van der Waals surface area (Å²) in [5, 5.41) is 7.08. The lowest BCUT2D eigenvalue weighted by Gasteiger charge is -2.29. The minimum Gasteiger partial charge on any atom is -0.378 e. The second-order valence-corrected chi connectivity index (χ2v) is 6.16. The van der Waals surface area contributed by atoms with Gasteiger partial charge in [-0.15, -0.1) is 0 Å². The second kappa shape index (κ2) is 8.08. The van der Waals surface area contributed by atoms with Crippen LogP contribution in [0.25, 0.3) is 0 Å². The number of hydrogen-bond acceptors (Lipinski definition) is 4. The molecule has 1 atom stereocenters. The zero-order valence-corrected chi connectivity index (χ0v) is 14.6. The fraction of sp³-hybridized carbons (Fsp3) is 0.333. The Labute approximate surface area is 148 Å². The Hall–Kier alpha value is -2.18. The zero-order valence-electron chi connectivity index (χ0n) is 13.7. The van der Waals surface area contributed by atoms with E-state index in [1.165, 1.54) is 11.3 Å². The van der Waals surface area contributed by atoms with E-state index in [1.807, 2.05) is 12.1 Å². The monoisotopic (exact) mass is 342 g/mol. The zero-order chi connectivity index (χ0) is 16.8. The van der Waals surface area contributed by atoms with Crippen molar-refractivity contribution < 1.29 is 4.74 Å². The lowest BCUT2D eigenvalue weighted by molar-refractivity contribution is 0.122. The van der Waals surface area contributed by atoms with Crippen LogP contribution in [0.2, 0.25) is 0 Å². The van der Waals surface area contributed by atoms with Crippen LogP contribution in [0.1, 0.15) is 18.5 Å². The summed E-state index contributed by atoms with van der Waals surface area (Å²) in [6.45, 7) is 5.60. The number of morpholine rings is 1. The molecule has 0 saturated carbocycles. The molecule has 0 spiro atoms. The largest absolute Gasteiger partial charge is 0.378 e. The smallest absolute Gasteiger partial charge is 0.171 e. The van der Waals surface area contributed by atoms with Crippen LogP contribution in [0.5, 0.6) is 0 Å². The number of benzene rings is 1. The second-order valence-electron chi connectivity index (χ2n) is 5.75. The van der Waals surface area contributed by atoms with Crippen LogP contribution >= 0.6 is 12.2 Å². The van der Waals surface area contributed by atoms with Crippen molar-refractivity contribution in [2.24, 2.45) is 0 Å². The molecule has 1 aliphatic rings. The average molecular weight is 342 g/mol. The Morgan fingerprint density at radius 1 is 1.12 bits per heavy atom. The van der Waals surface area contributed by atoms with Crippen molar-refractivity contribution >= 4 is 28.7 Å². The van der Waals surface area contributed by atoms with Gasteiger partial charge in [0.2, 0.25) is 0 Å². The molecule has 1 aromatic heterocycles. The normalized spacial score (nSPS) is 15.6. The van der Waals surface area contributed by atoms with Gasteiger partial charge in [0.05, 0.1) is 19.3 Å². The van der Waals surface area contributed by atoms with Gasteiger partial charge >= 0.3 is 0 Å². The molecule has 0 aliphatic carbocycles. The number of thiocarbonyl (C=S) groups is 1. The number of aromatic nitrogens is 1. The van der Waals surface area contributed by atoms with Crippen molar-refractivity contribution in [2.45, 2.75) is 13.0 Å². The molecule has 1 aromatic carbocycles. The molecule has 1 aliphatic heterocycles. The van der Waals surface area contributed by atoms with Gasteiger partial charge in [0.1, 0.15) is 0 Å². The van der Waals surface area contributed by atoms with E-state index >= 15 is 0 Å². The van der Waals surface area contributed by atoms with Crippen LogP contribution in [0.15, 0.2) is 48.8 Å². The first-order valence-electron chi connectivity index (χ1n) is 8.12. The van der Waals surface area contributed by atoms with Gasteiger partial charge in [-0.3, -0.25) is 4.98 Å². The first-order chi connectivity index (χ1) is 11.7. The highest BCUT2D eigenvalue weighted by Gasteiger charge is 2.12. The number of pyridine rings is 1. The van der Waals surface area contributed by atoms with Crippen molar-refractivity contribution in [1.29, 1.82) is 0 Å². The molecule has 0 unspecified atom stereocenters. The molecule has 126 valence electrons. The van der Waals surface area contributed by atoms with Crippen molar-refractivity contribution in [2.75, 3.05) is 36.5 Å². The molecule has 2 aromatic rings. The standard InChI is InChI=1S/C18H22N4OS/c1-14(20-18(24)21-16-6-8-19-9-7-16)15-2-4-17(5-3-15)22-10-12-23-13-11-22/h2-9,14H,10-13H2,1H3,(H2,19,20,21,24)/t14-/m1/s1. The van der Waals surface area contributed by atoms with Crippen LogP contribution < -0.4 is 15.5 Å². The Morgan fingerprint density at radius 2 is 1.79 bits per heavy atom. The van der Waals surface area contributed by atoms with E-state index in [0.29, 0.717) is 5.11 Å². The fourth-order valence-corrected chi connectivity index (χ4v) is 2.97. The first kappa shape index (κ1) is 16.7. The maximum Gasteiger partial charge on any atom is 0.171 e. The van der Waals surface area contributed by atoms with E-state index in [2.05, 4.69) is 51.7 Å². The van der Waals surface area contributed by atoms with Gasteiger partial charge < -0.3 is 20.3 Å². The predicted octanol–water partition coefficient (Wildman–Crippen LogP) is 2.97. The molecule has 24 heavy (non-hydrogen) atoms. The summed E-state index contributed by atoms with van der Waals surface area (Å²) in [6.07, 6.45) is 3.47. The topological polar surface area (TPSA) is 49.4 Å². The lowest BCUT2D eigenvalue weighted by atomic mass is 10.1. The maximum atomic E-state index is 5.40. The molecule has 0 amide bonds. The number of hydrogen-bond donors (Lipinski definition) is 2. The summed E-state index contributed by atoms with van der Waals surface area (Å²) in [5.41, 5.74) is 3.37. The van der Waals surface area contributed by atoms with Gasteiger partial charge in [-0.2, -0.15) is 0 Å². The van der Waals surface area contributed by atoms with Crippen LogP contribution in [0, 0.1) is 0 Å². The molecular weight excluding hydrogens is 320 g/mol. The van der Waals surface area contributed by atoms with E-state index in [-0.39, 0.29) is 6.04 Å². The maximum absolute atomic E-state index is 5.40. The van der Waals surface area contributed by atoms with E-state index in [9.17, 15) is 0 Å². The van der Waals surface area contributed by atoms with Gasteiger partial charge in [0, 0.05) is 36.9 Å². The Morgan fingerprint density at radius 3 is 2.46 bits per heavy atom. The van der Waals surface area contributed by atoms with Gasteiger partial charge in [-0.25, -0.2) is 0 Å². The SMILES string of the molecule is C[C@@H](NC(=S)Nc1ccncc1)c1ccc(N2CCOCC2)cc1. The lowest BCUT2D eigenvalue weighted by Crippen LogP contribution is -2.36. The minimum atomic E-state index is 0.130. The Kier molecular flexibility index (Phi) is 5.61. The molecule has 1 fully saturated rings. The first-order valence-corrected chi connectivity index (χ1v) is 8.53. The number of nitrogens with zero attached hydrogens (tertiary/aromatic N) is 2. The molecule has 5 nitrogen and oxygen atoms in total. The number of rotatable bonds is 4. The molecule has 1 saturated heterocycles. The van der Waals surface area contributed by atoms with Gasteiger partial charge in [0.25, 0.3) is 0 Å². The van der Waals surface area contributed by atoms with E-state index in [4.69, 9.17) is 17.0 Å². The number of ether oxygens (including phenoxy) is 1. The third-order valence-electron chi connectivity index (χ3n) is 4.06. The van der Waals surface area contributed by atoms with Gasteiger partial charge in [-0.05, 0) is 49.0 Å². The molecule has 2 N–H and O–H groups in total. The molecule has 0 radical (unpaired) electrons. The van der Waals surface area contributed by atoms with Crippen molar-refractivity contribution in [3.8, 4) is 0 Å². The third-order valence-corrected chi connectivity index (χ3v) is 4.28. The van der Waals surface area contributed by atoms with Crippen molar-refractivity contribution in [1.82, 2.24) is 10.3 Å². The van der Waals surface area contributed by atoms with Gasteiger partial charge in [-0.1, -0.05) is 12.1 Å². The predicted molar refractivity (Wildman–Crippen MR) is 101 cm³/mol. The Balaban J connectivity index is 1.56. The summed E-state index contributed by atoms with van der Waals surface area (Å²) in [6, 6.07) is 12.5. The minimum absolute atomic E-state index is 0.130. The number of anilines is 2. The third kappa shape index (κ3) is 4.43. The highest BCUT2D eigenvalue weighted by Crippen LogP contribution is 2.20. The van der Waals surface area contributed by atoms with Crippen LogP contribution in [-0.2, 0) is 4.74 Å². The highest BCUT2D eigenvalue weighted by molar-refractivity contribution is 7.80. The molecule has 3 rings (SSSR count). The van der Waals surface area contributed by atoms with Crippen LogP contribution in [0.4, 0.5) is 11.4 Å². The molecular formula is C18H22N4OS. The summed E-state index contributed by atoms with van der Waals surface area (Å²) in [4.78, 5) is 6.34. The van der Waals surface area contributed by atoms with Crippen LogP contribution in [-0.4, -0.2) is 36.4 Å². The quantitative estimate of drug-likeness (QED) is 0.833. The number of nitrogens with one attached hydrogen (secondary N) is 2. The van der Waals surface area contributed by atoms with Crippen molar-refractivity contribution in [3.05, 3.63) is 54.4 Å². The highest BCUT2D eigenvalue weighted by atomic mass is 32.1. The molecule has 6 heteroatoms. The Bertz CT molecular complexity index is 656. The van der Waals surface area contributed by atoms with E-state index < -0.39 is 0 Å². The van der Waals surface area contributed by atoms with Crippen molar-refractivity contribution in [3.63, 3.8) is 0 Å². The molecule has 0 bridgehead atoms.